The van der Waals surface area contributed by atoms with Crippen LogP contribution in [0.3, 0.4) is 0 Å². The van der Waals surface area contributed by atoms with E-state index in [9.17, 15) is 14.0 Å². The molecule has 6 rings (SSSR count). The number of nitrogens with zero attached hydrogens (tertiary/aromatic N) is 4. The van der Waals surface area contributed by atoms with Crippen molar-refractivity contribution in [3.63, 3.8) is 0 Å². The van der Waals surface area contributed by atoms with Crippen LogP contribution in [-0.4, -0.2) is 30.9 Å². The number of fused-ring (bicyclic) bond motifs is 1. The van der Waals surface area contributed by atoms with Gasteiger partial charge in [-0.15, -0.1) is 0 Å². The smallest absolute Gasteiger partial charge is 0.284 e. The zero-order valence-corrected chi connectivity index (χ0v) is 21.6. The molecule has 0 radical (unpaired) electrons. The third-order valence-corrected chi connectivity index (χ3v) is 6.33. The number of aromatic nitrogens is 5. The number of carbonyl (C=O) groups excluding carboxylic acids is 1. The molecule has 0 fully saturated rings. The molecule has 9 nitrogen and oxygen atoms in total. The van der Waals surface area contributed by atoms with Crippen molar-refractivity contribution < 1.29 is 18.3 Å². The van der Waals surface area contributed by atoms with E-state index in [0.29, 0.717) is 27.5 Å². The van der Waals surface area contributed by atoms with Gasteiger partial charge >= 0.3 is 0 Å². The van der Waals surface area contributed by atoms with Gasteiger partial charge in [-0.3, -0.25) is 14.7 Å². The number of carbonyl (C=O) groups is 1. The first-order valence-electron chi connectivity index (χ1n) is 12.1. The van der Waals surface area contributed by atoms with Crippen LogP contribution in [0.2, 0.25) is 5.02 Å². The van der Waals surface area contributed by atoms with Gasteiger partial charge in [0.25, 0.3) is 11.5 Å². The zero-order valence-electron chi connectivity index (χ0n) is 20.8. The van der Waals surface area contributed by atoms with Crippen LogP contribution >= 0.6 is 11.6 Å². The first kappa shape index (κ1) is 25.8. The number of H-pyrrole nitrogens is 1. The molecule has 202 valence electrons. The molecule has 0 atom stereocenters. The van der Waals surface area contributed by atoms with Crippen molar-refractivity contribution in [1.29, 1.82) is 0 Å². The van der Waals surface area contributed by atoms with E-state index in [0.717, 1.165) is 16.3 Å². The Morgan fingerprint density at radius 1 is 0.951 bits per heavy atom. The third kappa shape index (κ3) is 5.13. The number of pyridine rings is 1. The predicted octanol–water partition coefficient (Wildman–Crippen LogP) is 6.15. The van der Waals surface area contributed by atoms with Crippen LogP contribution in [-0.2, 0) is 0 Å². The van der Waals surface area contributed by atoms with E-state index in [1.54, 1.807) is 24.3 Å². The average molecular weight is 571 g/mol. The van der Waals surface area contributed by atoms with Gasteiger partial charge in [0.1, 0.15) is 22.8 Å². The number of anilines is 1. The van der Waals surface area contributed by atoms with Gasteiger partial charge in [-0.2, -0.15) is 14.9 Å². The minimum absolute atomic E-state index is 0.0900. The Morgan fingerprint density at radius 2 is 1.78 bits per heavy atom. The molecule has 0 aliphatic heterocycles. The van der Waals surface area contributed by atoms with E-state index in [1.807, 2.05) is 6.07 Å². The molecule has 6 aromatic rings. The zero-order chi connectivity index (χ0) is 28.5. The lowest BCUT2D eigenvalue weighted by Crippen LogP contribution is -2.29. The largest absolute Gasteiger partial charge is 0.453 e. The van der Waals surface area contributed by atoms with Crippen molar-refractivity contribution >= 4 is 34.2 Å². The van der Waals surface area contributed by atoms with Gasteiger partial charge < -0.3 is 10.1 Å². The van der Waals surface area contributed by atoms with Crippen molar-refractivity contribution in [2.75, 3.05) is 5.32 Å². The quantitative estimate of drug-likeness (QED) is 0.248. The molecule has 0 spiro atoms. The predicted molar refractivity (Wildman–Crippen MR) is 149 cm³/mol. The lowest BCUT2D eigenvalue weighted by atomic mass is 10.1. The highest BCUT2D eigenvalue weighted by Crippen LogP contribution is 2.36. The van der Waals surface area contributed by atoms with Gasteiger partial charge in [0.05, 0.1) is 11.1 Å². The van der Waals surface area contributed by atoms with Crippen molar-refractivity contribution in [3.8, 4) is 28.4 Å². The molecule has 3 aromatic carbocycles. The molecule has 12 heteroatoms. The molecule has 0 unspecified atom stereocenters. The van der Waals surface area contributed by atoms with E-state index >= 15 is 4.39 Å². The van der Waals surface area contributed by atoms with Gasteiger partial charge in [0.2, 0.25) is 0 Å². The fourth-order valence-electron chi connectivity index (χ4n) is 4.18. The van der Waals surface area contributed by atoms with Crippen LogP contribution in [0.1, 0.15) is 10.4 Å². The summed E-state index contributed by atoms with van der Waals surface area (Å²) in [5.74, 6) is -1.84. The fourth-order valence-corrected chi connectivity index (χ4v) is 4.37. The molecule has 2 N–H and O–H groups in total. The Balaban J connectivity index is 1.25. The maximum absolute atomic E-state index is 15.1. The van der Waals surface area contributed by atoms with Crippen molar-refractivity contribution in [2.45, 2.75) is 0 Å². The highest BCUT2D eigenvalue weighted by molar-refractivity contribution is 6.30. The number of hydrogen-bond acceptors (Lipinski definition) is 6. The van der Waals surface area contributed by atoms with Crippen LogP contribution in [0.25, 0.3) is 28.0 Å². The van der Waals surface area contributed by atoms with Crippen LogP contribution in [0.4, 0.5) is 14.5 Å². The van der Waals surface area contributed by atoms with Gasteiger partial charge in [-0.1, -0.05) is 23.7 Å². The summed E-state index contributed by atoms with van der Waals surface area (Å²) in [6.45, 7) is 0. The van der Waals surface area contributed by atoms with Crippen molar-refractivity contribution in [1.82, 2.24) is 25.0 Å². The van der Waals surface area contributed by atoms with Gasteiger partial charge in [-0.05, 0) is 60.7 Å². The van der Waals surface area contributed by atoms with Crippen LogP contribution in [0.5, 0.6) is 11.5 Å². The SMILES string of the molecule is O=C(Nc1ccc(Oc2ccnc3[nH]nc(-c4cccc(Cl)c4)c23)c(F)c1)c1ccnn(-c2ccc(F)cc2)c1=O. The maximum Gasteiger partial charge on any atom is 0.284 e. The van der Waals surface area contributed by atoms with Crippen LogP contribution in [0.15, 0.2) is 96.1 Å². The molecular weight excluding hydrogens is 554 g/mol. The van der Waals surface area contributed by atoms with E-state index in [4.69, 9.17) is 16.3 Å². The molecule has 41 heavy (non-hydrogen) atoms. The summed E-state index contributed by atoms with van der Waals surface area (Å²) in [4.78, 5) is 30.0. The number of nitrogens with one attached hydrogen (secondary N) is 2. The van der Waals surface area contributed by atoms with E-state index < -0.39 is 23.1 Å². The minimum Gasteiger partial charge on any atom is -0.453 e. The lowest BCUT2D eigenvalue weighted by Gasteiger charge is -2.11. The standard InChI is InChI=1S/C29H17ClF2N6O3/c30-17-3-1-2-16(14-17)26-25-24(11-12-33-27(25)37-36-26)41-23-9-6-19(15-22(23)32)35-28(39)21-10-13-34-38(29(21)40)20-7-4-18(31)5-8-20/h1-15H,(H,35,39)(H,33,36,37). The number of ether oxygens (including phenoxy) is 1. The second-order valence-corrected chi connectivity index (χ2v) is 9.19. The summed E-state index contributed by atoms with van der Waals surface area (Å²) in [6.07, 6.45) is 2.76. The summed E-state index contributed by atoms with van der Waals surface area (Å²) in [6, 6.07) is 18.8. The number of halogens is 3. The number of rotatable bonds is 6. The van der Waals surface area contributed by atoms with Gasteiger partial charge in [-0.25, -0.2) is 13.8 Å². The van der Waals surface area contributed by atoms with E-state index in [1.165, 1.54) is 54.9 Å². The Labute approximate surface area is 235 Å². The first-order chi connectivity index (χ1) is 19.9. The minimum atomic E-state index is -0.776. The Kier molecular flexibility index (Phi) is 6.70. The Bertz CT molecular complexity index is 1990. The van der Waals surface area contributed by atoms with E-state index in [2.05, 4.69) is 25.6 Å². The molecule has 1 amide bonds. The van der Waals surface area contributed by atoms with Gasteiger partial charge in [0.15, 0.2) is 17.2 Å². The number of aromatic amines is 1. The number of amides is 1. The second kappa shape index (κ2) is 10.6. The third-order valence-electron chi connectivity index (χ3n) is 6.09. The number of benzene rings is 3. The van der Waals surface area contributed by atoms with Gasteiger partial charge in [0, 0.05) is 34.7 Å². The Morgan fingerprint density at radius 3 is 2.56 bits per heavy atom. The molecule has 0 aliphatic rings. The lowest BCUT2D eigenvalue weighted by molar-refractivity contribution is 0.102. The topological polar surface area (TPSA) is 115 Å². The highest BCUT2D eigenvalue weighted by Gasteiger charge is 2.18. The average Bonchev–Trinajstić information content (AvgIpc) is 3.40. The molecule has 0 saturated heterocycles. The normalized spacial score (nSPS) is 11.0. The molecule has 0 saturated carbocycles. The monoisotopic (exact) mass is 570 g/mol. The van der Waals surface area contributed by atoms with Crippen molar-refractivity contribution in [3.05, 3.63) is 124 Å². The molecule has 0 aliphatic carbocycles. The Hall–Kier alpha value is -5.42. The molecular formula is C29H17ClF2N6O3. The summed E-state index contributed by atoms with van der Waals surface area (Å²) < 4.78 is 35.3. The second-order valence-electron chi connectivity index (χ2n) is 8.75. The summed E-state index contributed by atoms with van der Waals surface area (Å²) in [5.41, 5.74) is 1.08. The van der Waals surface area contributed by atoms with E-state index in [-0.39, 0.29) is 22.7 Å². The van der Waals surface area contributed by atoms with Crippen LogP contribution in [0, 0.1) is 11.6 Å². The maximum atomic E-state index is 15.1. The molecule has 3 aromatic heterocycles. The summed E-state index contributed by atoms with van der Waals surface area (Å²) >= 11 is 6.14. The number of hydrogen-bond donors (Lipinski definition) is 2. The first-order valence-corrected chi connectivity index (χ1v) is 12.5. The fraction of sp³-hybridized carbons (Fsp3) is 0. The summed E-state index contributed by atoms with van der Waals surface area (Å²) in [5, 5.41) is 14.7. The summed E-state index contributed by atoms with van der Waals surface area (Å²) in [7, 11) is 0. The highest BCUT2D eigenvalue weighted by atomic mass is 35.5. The molecule has 0 bridgehead atoms. The molecule has 3 heterocycles. The van der Waals surface area contributed by atoms with Crippen LogP contribution < -0.4 is 15.6 Å². The van der Waals surface area contributed by atoms with Crippen molar-refractivity contribution in [2.24, 2.45) is 0 Å².